The number of rotatable bonds is 3. The van der Waals surface area contributed by atoms with Crippen molar-refractivity contribution < 1.29 is 11.9 Å². The monoisotopic (exact) mass is 374 g/mol. The molecule has 0 radical (unpaired) electrons. The van der Waals surface area contributed by atoms with Gasteiger partial charge in [0.1, 0.15) is 5.82 Å². The molecule has 0 saturated carbocycles. The summed E-state index contributed by atoms with van der Waals surface area (Å²) >= 11 is 0. The first-order valence-corrected chi connectivity index (χ1v) is 8.84. The predicted octanol–water partition coefficient (Wildman–Crippen LogP) is 3.93. The molecular weight excluding hydrogens is 355 g/mol. The molecule has 5 nitrogen and oxygen atoms in total. The number of amides is 1. The van der Waals surface area contributed by atoms with E-state index in [4.69, 9.17) is 2.74 Å². The van der Waals surface area contributed by atoms with Gasteiger partial charge in [0.15, 0.2) is 0 Å². The number of benzene rings is 2. The van der Waals surface area contributed by atoms with Gasteiger partial charge < -0.3 is 4.90 Å². The summed E-state index contributed by atoms with van der Waals surface area (Å²) in [6.07, 6.45) is 3.21. The van der Waals surface area contributed by atoms with Gasteiger partial charge in [-0.05, 0) is 41.5 Å². The standard InChI is InChI=1S/C22H17FN4O/c1-26-21-7-6-14(9-17(21)11-25-26)15-4-5-16(19(23)10-15)12-27-13-20-18(22(27)28)3-2-8-24-20/h2-11H,12-13H2,1H3/i13D2. The minimum absolute atomic E-state index is 0.0665. The highest BCUT2D eigenvalue weighted by atomic mass is 19.1. The number of aromatic nitrogens is 3. The summed E-state index contributed by atoms with van der Waals surface area (Å²) in [5.41, 5.74) is 3.05. The summed E-state index contributed by atoms with van der Waals surface area (Å²) < 4.78 is 33.3. The number of hydrogen-bond acceptors (Lipinski definition) is 3. The highest BCUT2D eigenvalue weighted by molar-refractivity contribution is 5.97. The van der Waals surface area contributed by atoms with Gasteiger partial charge in [0.05, 0.1) is 32.2 Å². The lowest BCUT2D eigenvalue weighted by molar-refractivity contribution is 0.0765. The highest BCUT2D eigenvalue weighted by Crippen LogP contribution is 2.28. The van der Waals surface area contributed by atoms with Crippen LogP contribution in [0.3, 0.4) is 0 Å². The Kier molecular flexibility index (Phi) is 3.25. The summed E-state index contributed by atoms with van der Waals surface area (Å²) in [4.78, 5) is 17.7. The van der Waals surface area contributed by atoms with Crippen LogP contribution in [-0.4, -0.2) is 25.6 Å². The minimum atomic E-state index is -2.09. The van der Waals surface area contributed by atoms with E-state index in [0.29, 0.717) is 5.56 Å². The fourth-order valence-corrected chi connectivity index (χ4v) is 3.47. The molecule has 2 aromatic carbocycles. The fourth-order valence-electron chi connectivity index (χ4n) is 3.47. The van der Waals surface area contributed by atoms with Gasteiger partial charge in [0.25, 0.3) is 5.91 Å². The topological polar surface area (TPSA) is 51.0 Å². The van der Waals surface area contributed by atoms with Crippen LogP contribution in [0.15, 0.2) is 60.9 Å². The van der Waals surface area contributed by atoms with Crippen LogP contribution in [0.4, 0.5) is 4.39 Å². The van der Waals surface area contributed by atoms with Crippen LogP contribution in [0.5, 0.6) is 0 Å². The number of hydrogen-bond donors (Lipinski definition) is 0. The van der Waals surface area contributed by atoms with Crippen LogP contribution in [-0.2, 0) is 20.1 Å². The SMILES string of the molecule is [2H]C1([2H])c2ncccc2C(=O)N1Cc1ccc(-c2ccc3c(cnn3C)c2)cc1F. The van der Waals surface area contributed by atoms with Gasteiger partial charge in [-0.1, -0.05) is 18.2 Å². The van der Waals surface area contributed by atoms with E-state index in [9.17, 15) is 9.18 Å². The molecule has 0 unspecified atom stereocenters. The Morgan fingerprint density at radius 1 is 1.18 bits per heavy atom. The van der Waals surface area contributed by atoms with Crippen molar-refractivity contribution in [1.29, 1.82) is 0 Å². The fraction of sp³-hybridized carbons (Fsp3) is 0.136. The van der Waals surface area contributed by atoms with Crippen molar-refractivity contribution in [1.82, 2.24) is 19.7 Å². The highest BCUT2D eigenvalue weighted by Gasteiger charge is 2.28. The molecule has 3 heterocycles. The Morgan fingerprint density at radius 2 is 2.00 bits per heavy atom. The average Bonchev–Trinajstić information content (AvgIpc) is 3.20. The first kappa shape index (κ1) is 14.5. The van der Waals surface area contributed by atoms with E-state index < -0.39 is 18.2 Å². The van der Waals surface area contributed by atoms with Crippen molar-refractivity contribution in [3.63, 3.8) is 0 Å². The first-order valence-electron chi connectivity index (χ1n) is 9.84. The Hall–Kier alpha value is -3.54. The third kappa shape index (κ3) is 2.65. The largest absolute Gasteiger partial charge is 0.328 e. The van der Waals surface area contributed by atoms with Crippen LogP contribution in [0.25, 0.3) is 22.0 Å². The summed E-state index contributed by atoms with van der Waals surface area (Å²) in [6, 6.07) is 13.7. The van der Waals surface area contributed by atoms with Crippen molar-refractivity contribution >= 4 is 16.8 Å². The normalized spacial score (nSPS) is 16.2. The molecule has 0 spiro atoms. The maximum Gasteiger partial charge on any atom is 0.256 e. The van der Waals surface area contributed by atoms with Crippen LogP contribution < -0.4 is 0 Å². The molecule has 0 aliphatic carbocycles. The predicted molar refractivity (Wildman–Crippen MR) is 104 cm³/mol. The van der Waals surface area contributed by atoms with E-state index in [1.165, 1.54) is 18.3 Å². The second-order valence-corrected chi connectivity index (χ2v) is 6.75. The van der Waals surface area contributed by atoms with Crippen LogP contribution >= 0.6 is 0 Å². The lowest BCUT2D eigenvalue weighted by Crippen LogP contribution is -2.23. The molecular formula is C22H17FN4O. The van der Waals surface area contributed by atoms with Gasteiger partial charge in [-0.2, -0.15) is 5.10 Å². The van der Waals surface area contributed by atoms with E-state index in [0.717, 1.165) is 21.4 Å². The number of pyridine rings is 1. The van der Waals surface area contributed by atoms with Gasteiger partial charge >= 0.3 is 0 Å². The zero-order valence-electron chi connectivity index (χ0n) is 17.1. The molecule has 1 aliphatic heterocycles. The van der Waals surface area contributed by atoms with Gasteiger partial charge in [0.2, 0.25) is 0 Å². The van der Waals surface area contributed by atoms with Crippen molar-refractivity contribution in [2.24, 2.45) is 7.05 Å². The summed E-state index contributed by atoms with van der Waals surface area (Å²) in [7, 11) is 1.86. The summed E-state index contributed by atoms with van der Waals surface area (Å²) in [5, 5.41) is 5.18. The number of nitrogens with zero attached hydrogens (tertiary/aromatic N) is 4. The molecule has 2 aromatic heterocycles. The minimum Gasteiger partial charge on any atom is -0.328 e. The summed E-state index contributed by atoms with van der Waals surface area (Å²) in [5.74, 6) is -0.986. The zero-order valence-corrected chi connectivity index (χ0v) is 15.1. The van der Waals surface area contributed by atoms with Crippen LogP contribution in [0, 0.1) is 5.82 Å². The van der Waals surface area contributed by atoms with E-state index in [2.05, 4.69) is 10.1 Å². The first-order chi connectivity index (χ1) is 14.4. The lowest BCUT2D eigenvalue weighted by atomic mass is 10.0. The lowest BCUT2D eigenvalue weighted by Gasteiger charge is -2.16. The average molecular weight is 374 g/mol. The molecule has 138 valence electrons. The third-order valence-electron chi connectivity index (χ3n) is 4.99. The molecule has 1 amide bonds. The quantitative estimate of drug-likeness (QED) is 0.546. The van der Waals surface area contributed by atoms with E-state index in [1.54, 1.807) is 29.1 Å². The number of fused-ring (bicyclic) bond motifs is 2. The molecule has 1 aliphatic rings. The Labute approximate surface area is 163 Å². The third-order valence-corrected chi connectivity index (χ3v) is 4.99. The molecule has 28 heavy (non-hydrogen) atoms. The smallest absolute Gasteiger partial charge is 0.256 e. The molecule has 4 aromatic rings. The number of carbonyl (C=O) groups excluding carboxylic acids is 1. The van der Waals surface area contributed by atoms with Gasteiger partial charge in [-0.25, -0.2) is 4.39 Å². The second kappa shape index (κ2) is 6.27. The molecule has 5 rings (SSSR count). The Bertz CT molecular complexity index is 1320. The van der Waals surface area contributed by atoms with Crippen molar-refractivity contribution in [2.45, 2.75) is 13.0 Å². The number of halogens is 1. The molecule has 0 saturated heterocycles. The van der Waals surface area contributed by atoms with Crippen LogP contribution in [0.2, 0.25) is 0 Å². The van der Waals surface area contributed by atoms with Gasteiger partial charge in [-0.3, -0.25) is 14.5 Å². The van der Waals surface area contributed by atoms with Crippen molar-refractivity contribution in [3.8, 4) is 11.1 Å². The van der Waals surface area contributed by atoms with Gasteiger partial charge in [-0.15, -0.1) is 0 Å². The molecule has 0 N–H and O–H groups in total. The number of aryl methyl sites for hydroxylation is 1. The Morgan fingerprint density at radius 3 is 2.82 bits per heavy atom. The number of carbonyl (C=O) groups is 1. The maximum atomic E-state index is 14.9. The van der Waals surface area contributed by atoms with Crippen LogP contribution in [0.1, 0.15) is 24.4 Å². The second-order valence-electron chi connectivity index (χ2n) is 6.75. The Balaban J connectivity index is 1.46. The van der Waals surface area contributed by atoms with Gasteiger partial charge in [0, 0.05) is 30.7 Å². The molecule has 0 atom stereocenters. The van der Waals surface area contributed by atoms with Crippen molar-refractivity contribution in [2.75, 3.05) is 0 Å². The molecule has 0 fully saturated rings. The summed E-state index contributed by atoms with van der Waals surface area (Å²) in [6.45, 7) is -2.28. The van der Waals surface area contributed by atoms with E-state index in [1.807, 2.05) is 25.2 Å². The van der Waals surface area contributed by atoms with Crippen molar-refractivity contribution in [3.05, 3.63) is 83.6 Å². The van der Waals surface area contributed by atoms with E-state index in [-0.39, 0.29) is 23.4 Å². The zero-order chi connectivity index (χ0) is 21.0. The molecule has 0 bridgehead atoms. The molecule has 6 heteroatoms. The maximum absolute atomic E-state index is 14.9. The van der Waals surface area contributed by atoms with E-state index >= 15 is 0 Å².